The highest BCUT2D eigenvalue weighted by Gasteiger charge is 2.22. The van der Waals surface area contributed by atoms with E-state index in [1.165, 1.54) is 5.48 Å². The van der Waals surface area contributed by atoms with Crippen molar-refractivity contribution in [3.05, 3.63) is 90.0 Å². The van der Waals surface area contributed by atoms with E-state index >= 15 is 0 Å². The minimum atomic E-state index is -0.817. The van der Waals surface area contributed by atoms with Gasteiger partial charge < -0.3 is 20.1 Å². The Labute approximate surface area is 209 Å². The number of nitrogens with one attached hydrogen (secondary N) is 3. The number of amides is 3. The lowest BCUT2D eigenvalue weighted by molar-refractivity contribution is -0.131. The van der Waals surface area contributed by atoms with Crippen LogP contribution in [-0.2, 0) is 27.2 Å². The number of anilines is 1. The van der Waals surface area contributed by atoms with E-state index in [1.807, 2.05) is 30.3 Å². The van der Waals surface area contributed by atoms with Crippen LogP contribution in [0.25, 0.3) is 0 Å². The van der Waals surface area contributed by atoms with Gasteiger partial charge >= 0.3 is 0 Å². The topological polar surface area (TPSA) is 126 Å². The summed E-state index contributed by atoms with van der Waals surface area (Å²) in [6, 6.07) is 22.5. The first-order chi connectivity index (χ1) is 17.5. The first kappa shape index (κ1) is 26.2. The summed E-state index contributed by atoms with van der Waals surface area (Å²) < 4.78 is 10.4. The van der Waals surface area contributed by atoms with Crippen molar-refractivity contribution in [2.24, 2.45) is 0 Å². The van der Waals surface area contributed by atoms with Crippen LogP contribution in [-0.4, -0.2) is 42.7 Å². The summed E-state index contributed by atoms with van der Waals surface area (Å²) in [5, 5.41) is 14.3. The van der Waals surface area contributed by atoms with Crippen molar-refractivity contribution in [1.29, 1.82) is 0 Å². The second kappa shape index (κ2) is 13.5. The quantitative estimate of drug-likeness (QED) is 0.228. The maximum absolute atomic E-state index is 13.1. The number of methoxy groups -OCH3 is 1. The summed E-state index contributed by atoms with van der Waals surface area (Å²) in [7, 11) is 1.56. The molecule has 4 N–H and O–H groups in total. The molecule has 0 saturated carbocycles. The normalized spacial score (nSPS) is 11.2. The molecule has 0 saturated heterocycles. The highest BCUT2D eigenvalue weighted by atomic mass is 16.5. The van der Waals surface area contributed by atoms with Gasteiger partial charge in [0.05, 0.1) is 7.11 Å². The van der Waals surface area contributed by atoms with Gasteiger partial charge in [0, 0.05) is 18.5 Å². The third-order valence-corrected chi connectivity index (χ3v) is 5.35. The zero-order valence-electron chi connectivity index (χ0n) is 19.9. The van der Waals surface area contributed by atoms with Crippen LogP contribution in [0.2, 0.25) is 0 Å². The van der Waals surface area contributed by atoms with Gasteiger partial charge in [-0.15, -0.1) is 0 Å². The molecule has 1 atom stereocenters. The molecule has 0 radical (unpaired) electrons. The molecule has 3 aromatic rings. The summed E-state index contributed by atoms with van der Waals surface area (Å²) in [5.74, 6) is -0.171. The van der Waals surface area contributed by atoms with Gasteiger partial charge in [-0.2, -0.15) is 0 Å². The zero-order valence-corrected chi connectivity index (χ0v) is 19.9. The molecule has 0 spiro atoms. The number of carbonyl (C=O) groups is 3. The van der Waals surface area contributed by atoms with Gasteiger partial charge in [-0.25, -0.2) is 5.48 Å². The molecule has 0 aromatic heterocycles. The van der Waals surface area contributed by atoms with Gasteiger partial charge in [0.1, 0.15) is 17.5 Å². The van der Waals surface area contributed by atoms with Crippen molar-refractivity contribution >= 4 is 23.4 Å². The van der Waals surface area contributed by atoms with Crippen molar-refractivity contribution in [3.63, 3.8) is 0 Å². The van der Waals surface area contributed by atoms with Crippen LogP contribution in [0.5, 0.6) is 11.5 Å². The number of carbonyl (C=O) groups excluding carboxylic acids is 3. The molecule has 3 aromatic carbocycles. The van der Waals surface area contributed by atoms with E-state index < -0.39 is 11.9 Å². The van der Waals surface area contributed by atoms with Crippen LogP contribution >= 0.6 is 0 Å². The first-order valence-electron chi connectivity index (χ1n) is 11.4. The van der Waals surface area contributed by atoms with Gasteiger partial charge in [-0.05, 0) is 53.9 Å². The molecule has 0 aliphatic carbocycles. The molecule has 9 heteroatoms. The Morgan fingerprint density at radius 2 is 1.50 bits per heavy atom. The minimum Gasteiger partial charge on any atom is -0.497 e. The van der Waals surface area contributed by atoms with Crippen LogP contribution in [0.1, 0.15) is 17.5 Å². The third-order valence-electron chi connectivity index (χ3n) is 5.35. The van der Waals surface area contributed by atoms with Crippen molar-refractivity contribution in [3.8, 4) is 11.5 Å². The van der Waals surface area contributed by atoms with E-state index in [2.05, 4.69) is 10.6 Å². The Bertz CT molecular complexity index is 1130. The van der Waals surface area contributed by atoms with Crippen LogP contribution in [0.15, 0.2) is 78.9 Å². The Morgan fingerprint density at radius 3 is 2.14 bits per heavy atom. The molecule has 36 heavy (non-hydrogen) atoms. The van der Waals surface area contributed by atoms with E-state index in [0.717, 1.165) is 11.1 Å². The maximum Gasteiger partial charge on any atom is 0.281 e. The predicted molar refractivity (Wildman–Crippen MR) is 134 cm³/mol. The van der Waals surface area contributed by atoms with Gasteiger partial charge in [0.15, 0.2) is 6.61 Å². The fourth-order valence-electron chi connectivity index (χ4n) is 3.42. The highest BCUT2D eigenvalue weighted by Crippen LogP contribution is 2.17. The Hall–Kier alpha value is -4.37. The first-order valence-corrected chi connectivity index (χ1v) is 11.4. The van der Waals surface area contributed by atoms with Crippen LogP contribution in [0.4, 0.5) is 5.69 Å². The number of hydrogen-bond donors (Lipinski definition) is 4. The van der Waals surface area contributed by atoms with Gasteiger partial charge in [0.2, 0.25) is 11.8 Å². The maximum atomic E-state index is 13.1. The van der Waals surface area contributed by atoms with Crippen LogP contribution < -0.4 is 25.6 Å². The van der Waals surface area contributed by atoms with Crippen LogP contribution in [0.3, 0.4) is 0 Å². The number of ether oxygens (including phenoxy) is 2. The summed E-state index contributed by atoms with van der Waals surface area (Å²) in [4.78, 5) is 36.9. The fourth-order valence-corrected chi connectivity index (χ4v) is 3.42. The SMILES string of the molecule is COc1ccc(NC(=O)C(Cc2ccc(OCC(=O)NO)cc2)NC(=O)CCc2ccccc2)cc1. The Balaban J connectivity index is 1.66. The molecular formula is C27H29N3O6. The lowest BCUT2D eigenvalue weighted by atomic mass is 10.0. The summed E-state index contributed by atoms with van der Waals surface area (Å²) in [5.41, 5.74) is 3.90. The smallest absolute Gasteiger partial charge is 0.281 e. The lowest BCUT2D eigenvalue weighted by Crippen LogP contribution is -2.45. The van der Waals surface area contributed by atoms with E-state index in [9.17, 15) is 14.4 Å². The van der Waals surface area contributed by atoms with E-state index in [1.54, 1.807) is 55.6 Å². The van der Waals surface area contributed by atoms with E-state index in [-0.39, 0.29) is 31.3 Å². The molecule has 0 aliphatic heterocycles. The predicted octanol–water partition coefficient (Wildman–Crippen LogP) is 2.88. The number of aryl methyl sites for hydroxylation is 1. The van der Waals surface area contributed by atoms with Crippen molar-refractivity contribution in [2.75, 3.05) is 19.0 Å². The molecule has 1 unspecified atom stereocenters. The highest BCUT2D eigenvalue weighted by molar-refractivity contribution is 5.97. The lowest BCUT2D eigenvalue weighted by Gasteiger charge is -2.19. The average molecular weight is 492 g/mol. The molecular weight excluding hydrogens is 462 g/mol. The molecule has 188 valence electrons. The number of hydrogen-bond acceptors (Lipinski definition) is 6. The summed E-state index contributed by atoms with van der Waals surface area (Å²) >= 11 is 0. The average Bonchev–Trinajstić information content (AvgIpc) is 2.92. The molecule has 9 nitrogen and oxygen atoms in total. The van der Waals surface area contributed by atoms with Crippen molar-refractivity contribution < 1.29 is 29.1 Å². The minimum absolute atomic E-state index is 0.233. The van der Waals surface area contributed by atoms with Gasteiger partial charge in [-0.1, -0.05) is 42.5 Å². The molecule has 0 fully saturated rings. The number of benzene rings is 3. The van der Waals surface area contributed by atoms with Crippen molar-refractivity contribution in [2.45, 2.75) is 25.3 Å². The zero-order chi connectivity index (χ0) is 25.8. The molecule has 0 aliphatic rings. The molecule has 3 rings (SSSR count). The van der Waals surface area contributed by atoms with E-state index in [4.69, 9.17) is 14.7 Å². The Kier molecular flexibility index (Phi) is 9.84. The third kappa shape index (κ3) is 8.44. The number of rotatable bonds is 12. The monoisotopic (exact) mass is 491 g/mol. The molecule has 0 bridgehead atoms. The van der Waals surface area contributed by atoms with Crippen molar-refractivity contribution in [1.82, 2.24) is 10.8 Å². The summed E-state index contributed by atoms with van der Waals surface area (Å²) in [6.45, 7) is -0.333. The van der Waals surface area contributed by atoms with Gasteiger partial charge in [-0.3, -0.25) is 19.6 Å². The molecule has 3 amide bonds. The summed E-state index contributed by atoms with van der Waals surface area (Å²) in [6.07, 6.45) is 1.06. The standard InChI is InChI=1S/C27H29N3O6/c1-35-22-14-10-21(11-15-22)28-27(33)24(29-25(31)16-9-19-5-3-2-4-6-19)17-20-7-12-23(13-8-20)36-18-26(32)30-34/h2-8,10-15,24,34H,9,16-18H2,1H3,(H,28,33)(H,29,31)(H,30,32). The second-order valence-corrected chi connectivity index (χ2v) is 8.00. The van der Waals surface area contributed by atoms with E-state index in [0.29, 0.717) is 23.6 Å². The van der Waals surface area contributed by atoms with Crippen LogP contribution in [0, 0.1) is 0 Å². The largest absolute Gasteiger partial charge is 0.497 e. The Morgan fingerprint density at radius 1 is 0.833 bits per heavy atom. The second-order valence-electron chi connectivity index (χ2n) is 8.00. The molecule has 0 heterocycles. The number of hydroxylamine groups is 1. The fraction of sp³-hybridized carbons (Fsp3) is 0.222. The van der Waals surface area contributed by atoms with Gasteiger partial charge in [0.25, 0.3) is 5.91 Å².